The van der Waals surface area contributed by atoms with Gasteiger partial charge in [0.1, 0.15) is 5.60 Å². The van der Waals surface area contributed by atoms with E-state index in [4.69, 9.17) is 48.5 Å². The Labute approximate surface area is 332 Å². The molecule has 0 spiro atoms. The fraction of sp³-hybridized carbons (Fsp3) is 0.909. The van der Waals surface area contributed by atoms with E-state index in [0.29, 0.717) is 45.7 Å². The van der Waals surface area contributed by atoms with Crippen LogP contribution in [0.2, 0.25) is 0 Å². The average Bonchev–Trinajstić information content (AvgIpc) is 3.69. The van der Waals surface area contributed by atoms with Gasteiger partial charge in [-0.1, -0.05) is 0 Å². The van der Waals surface area contributed by atoms with E-state index in [-0.39, 0.29) is 74.1 Å². The first-order chi connectivity index (χ1) is 24.2. The molecule has 4 rings (SSSR count). The van der Waals surface area contributed by atoms with E-state index in [1.165, 1.54) is 14.0 Å². The van der Waals surface area contributed by atoms with Crippen LogP contribution in [0, 0.1) is 0 Å². The standard InChI is InChI=1S/C10H18O4.C8H14O4.C8H14O3.C5H10O2.C2H6O4S.Li.2H2O/c1-3-13-9(11)10(8-12-2)6-4-5-7-14-10;1-11-6-8(7(9)10)4-2-3-5-12-8;1-7(10)8(6-9)4-2-3-5-11-8;6-4-5-2-1-3-7-5;1-5-7(3,4)6-2;;;/h3-8H2,1-2H3;2-6H2,1H3,(H,9,10);9H,2-6H2,1H3;5-6H,1-4H2;1-2H3;;2*1H2/q;;;;;+1;;/p-1. The largest absolute Gasteiger partial charge is 1.00 e. The molecule has 19 nitrogen and oxygen atoms in total. The van der Waals surface area contributed by atoms with Crippen LogP contribution in [0.25, 0.3) is 0 Å². The topological polar surface area (TPSA) is 291 Å². The number of rotatable bonds is 12. The number of carboxylic acids is 1. The summed E-state index contributed by atoms with van der Waals surface area (Å²) in [6.45, 7) is 6.66. The maximum absolute atomic E-state index is 11.7. The Balaban J connectivity index is -0.000000292. The van der Waals surface area contributed by atoms with Crippen LogP contribution in [0.1, 0.15) is 84.5 Å². The molecule has 0 bridgehead atoms. The van der Waals surface area contributed by atoms with Gasteiger partial charge in [0.25, 0.3) is 0 Å². The zero-order valence-corrected chi connectivity index (χ0v) is 33.9. The Hall–Kier alpha value is -1.32. The van der Waals surface area contributed by atoms with Crippen LogP contribution in [-0.4, -0.2) is 163 Å². The summed E-state index contributed by atoms with van der Waals surface area (Å²) < 4.78 is 63.5. The van der Waals surface area contributed by atoms with Crippen LogP contribution in [-0.2, 0) is 66.3 Å². The predicted molar refractivity (Wildman–Crippen MR) is 188 cm³/mol. The number of Topliss-reactive ketones (excluding diaryl/α,β-unsaturated/α-hetero) is 1. The third-order valence-electron chi connectivity index (χ3n) is 8.39. The molecule has 0 saturated carbocycles. The van der Waals surface area contributed by atoms with Crippen LogP contribution in [0.15, 0.2) is 0 Å². The van der Waals surface area contributed by atoms with Crippen molar-refractivity contribution in [3.63, 3.8) is 0 Å². The molecule has 0 amide bonds. The Bertz CT molecular complexity index is 1030. The van der Waals surface area contributed by atoms with Crippen molar-refractivity contribution in [2.75, 3.05) is 87.9 Å². The summed E-state index contributed by atoms with van der Waals surface area (Å²) in [6, 6.07) is 0. The molecule has 4 heterocycles. The van der Waals surface area contributed by atoms with E-state index < -0.39 is 33.2 Å². The number of esters is 1. The summed E-state index contributed by atoms with van der Waals surface area (Å²) in [7, 11) is 1.45. The third kappa shape index (κ3) is 21.8. The Kier molecular flexibility index (Phi) is 36.0. The van der Waals surface area contributed by atoms with Gasteiger partial charge in [0, 0.05) is 40.6 Å². The first-order valence-corrected chi connectivity index (χ1v) is 18.6. The fourth-order valence-corrected chi connectivity index (χ4v) is 5.47. The smallest absolute Gasteiger partial charge is 0.870 e. The second-order valence-electron chi connectivity index (χ2n) is 12.1. The number of aliphatic hydroxyl groups is 2. The van der Waals surface area contributed by atoms with Crippen molar-refractivity contribution >= 4 is 28.1 Å². The van der Waals surface area contributed by atoms with Gasteiger partial charge in [-0.2, -0.15) is 8.42 Å². The van der Waals surface area contributed by atoms with E-state index in [1.807, 2.05) is 0 Å². The molecule has 6 N–H and O–H groups in total. The molecule has 0 aromatic rings. The van der Waals surface area contributed by atoms with Gasteiger partial charge in [-0.25, -0.2) is 9.59 Å². The van der Waals surface area contributed by atoms with E-state index in [0.717, 1.165) is 72.2 Å². The summed E-state index contributed by atoms with van der Waals surface area (Å²) >= 11 is 0. The summed E-state index contributed by atoms with van der Waals surface area (Å²) in [5, 5.41) is 26.3. The molecule has 4 unspecified atom stereocenters. The Morgan fingerprint density at radius 2 is 1.19 bits per heavy atom. The first-order valence-electron chi connectivity index (χ1n) is 17.2. The van der Waals surface area contributed by atoms with Crippen molar-refractivity contribution in [1.82, 2.24) is 0 Å². The van der Waals surface area contributed by atoms with Gasteiger partial charge in [-0.05, 0) is 84.5 Å². The number of ether oxygens (including phenoxy) is 7. The molecule has 0 aromatic heterocycles. The molecule has 0 radical (unpaired) electrons. The van der Waals surface area contributed by atoms with Gasteiger partial charge >= 0.3 is 41.2 Å². The number of hydrogen-bond donors (Lipinski definition) is 3. The molecule has 0 aromatic carbocycles. The molecule has 4 aliphatic rings. The van der Waals surface area contributed by atoms with E-state index >= 15 is 0 Å². The van der Waals surface area contributed by atoms with Gasteiger partial charge in [0.2, 0.25) is 0 Å². The second-order valence-corrected chi connectivity index (χ2v) is 13.5. The number of carboxylic acid groups (broad SMARTS) is 1. The molecular formula is C33H65LiO19S. The summed E-state index contributed by atoms with van der Waals surface area (Å²) in [6.07, 6.45) is 10.0. The minimum atomic E-state index is -3.66. The monoisotopic (exact) mass is 804 g/mol. The molecular weight excluding hydrogens is 739 g/mol. The predicted octanol–water partition coefficient (Wildman–Crippen LogP) is -2.02. The van der Waals surface area contributed by atoms with Crippen molar-refractivity contribution in [1.29, 1.82) is 0 Å². The number of aliphatic carboxylic acids is 1. The van der Waals surface area contributed by atoms with Crippen LogP contribution < -0.4 is 18.9 Å². The van der Waals surface area contributed by atoms with Gasteiger partial charge in [0.15, 0.2) is 17.0 Å². The van der Waals surface area contributed by atoms with Crippen molar-refractivity contribution in [3.05, 3.63) is 0 Å². The maximum Gasteiger partial charge on any atom is 1.00 e. The summed E-state index contributed by atoms with van der Waals surface area (Å²) in [5.41, 5.74) is -2.78. The van der Waals surface area contributed by atoms with Gasteiger partial charge < -0.3 is 59.4 Å². The normalized spacial score (nSPS) is 25.8. The molecule has 4 fully saturated rings. The van der Waals surface area contributed by atoms with Gasteiger partial charge in [-0.15, -0.1) is 0 Å². The number of carbonyl (C=O) groups is 3. The van der Waals surface area contributed by atoms with Gasteiger partial charge in [-0.3, -0.25) is 13.2 Å². The van der Waals surface area contributed by atoms with Crippen LogP contribution in [0.3, 0.4) is 0 Å². The zero-order valence-electron chi connectivity index (χ0n) is 33.1. The number of ketones is 1. The van der Waals surface area contributed by atoms with Crippen molar-refractivity contribution in [3.8, 4) is 0 Å². The average molecular weight is 805 g/mol. The first kappa shape index (κ1) is 59.4. The fourth-order valence-electron chi connectivity index (χ4n) is 5.33. The molecule has 54 heavy (non-hydrogen) atoms. The second kappa shape index (κ2) is 32.7. The minimum absolute atomic E-state index is 0. The Morgan fingerprint density at radius 1 is 0.741 bits per heavy atom. The number of hydrogen-bond acceptors (Lipinski definition) is 17. The van der Waals surface area contributed by atoms with E-state index in [2.05, 4.69) is 8.37 Å². The molecule has 0 aliphatic carbocycles. The quantitative estimate of drug-likeness (QED) is 0.142. The third-order valence-corrected chi connectivity index (χ3v) is 9.20. The maximum atomic E-state index is 11.7. The SMILES string of the molecule is CC(=O)C1(CO)CCCCO1.CCOC(=O)C1(COC)CCCCO1.COCC1(C(=O)O)CCCCO1.COS(=O)(=O)OC.O.OCC1CCCO1.[Li+].[OH-]. The van der Waals surface area contributed by atoms with Gasteiger partial charge in [0.05, 0.1) is 53.4 Å². The number of carbonyl (C=O) groups excluding carboxylic acids is 2. The number of methoxy groups -OCH3 is 2. The van der Waals surface area contributed by atoms with Crippen molar-refractivity contribution < 1.29 is 109 Å². The summed E-state index contributed by atoms with van der Waals surface area (Å²) in [5.74, 6) is -1.26. The van der Waals surface area contributed by atoms with Crippen LogP contribution in [0.4, 0.5) is 0 Å². The molecule has 4 aliphatic heterocycles. The van der Waals surface area contributed by atoms with Crippen LogP contribution in [0.5, 0.6) is 0 Å². The number of aliphatic hydroxyl groups excluding tert-OH is 2. The van der Waals surface area contributed by atoms with Crippen LogP contribution >= 0.6 is 0 Å². The van der Waals surface area contributed by atoms with Crippen molar-refractivity contribution in [2.24, 2.45) is 0 Å². The molecule has 21 heteroatoms. The minimum Gasteiger partial charge on any atom is -0.870 e. The molecule has 4 atom stereocenters. The zero-order chi connectivity index (χ0) is 38.8. The Morgan fingerprint density at radius 3 is 1.43 bits per heavy atom. The van der Waals surface area contributed by atoms with Crippen molar-refractivity contribution in [2.45, 2.75) is 107 Å². The summed E-state index contributed by atoms with van der Waals surface area (Å²) in [4.78, 5) is 33.6. The van der Waals surface area contributed by atoms with E-state index in [1.54, 1.807) is 14.0 Å². The molecule has 4 saturated heterocycles. The molecule has 318 valence electrons. The van der Waals surface area contributed by atoms with E-state index in [9.17, 15) is 22.8 Å².